The number of hydrogen-bond donors (Lipinski definition) is 0. The molecule has 2 saturated heterocycles. The molecule has 4 atom stereocenters. The van der Waals surface area contributed by atoms with Gasteiger partial charge in [-0.05, 0) is 103 Å². The molecule has 0 aromatic heterocycles. The van der Waals surface area contributed by atoms with Crippen LogP contribution in [-0.4, -0.2) is 82.5 Å². The summed E-state index contributed by atoms with van der Waals surface area (Å²) in [6.45, 7) is 20.4. The van der Waals surface area contributed by atoms with E-state index in [1.807, 2.05) is 20.8 Å². The maximum atomic E-state index is 14.3. The number of hydrogen-bond acceptors (Lipinski definition) is 5. The summed E-state index contributed by atoms with van der Waals surface area (Å²) in [6, 6.07) is 15.1. The summed E-state index contributed by atoms with van der Waals surface area (Å²) in [6.07, 6.45) is 4.11. The lowest BCUT2D eigenvalue weighted by atomic mass is 9.86. The van der Waals surface area contributed by atoms with Crippen LogP contribution in [0, 0.1) is 12.8 Å². The minimum Gasteiger partial charge on any atom is -0.459 e. The van der Waals surface area contributed by atoms with E-state index >= 15 is 0 Å². The molecule has 2 aromatic rings. The van der Waals surface area contributed by atoms with Crippen molar-refractivity contribution in [3.8, 4) is 0 Å². The van der Waals surface area contributed by atoms with Crippen molar-refractivity contribution in [3.05, 3.63) is 70.3 Å². The number of piperazine rings is 1. The van der Waals surface area contributed by atoms with Crippen molar-refractivity contribution in [3.63, 3.8) is 0 Å². The van der Waals surface area contributed by atoms with E-state index in [-0.39, 0.29) is 41.3 Å². The Morgan fingerprint density at radius 1 is 0.930 bits per heavy atom. The molecule has 234 valence electrons. The van der Waals surface area contributed by atoms with E-state index in [0.29, 0.717) is 26.1 Å². The van der Waals surface area contributed by atoms with Gasteiger partial charge in [0.05, 0.1) is 5.92 Å². The van der Waals surface area contributed by atoms with Gasteiger partial charge in [0.2, 0.25) is 5.91 Å². The molecule has 5 rings (SSSR count). The van der Waals surface area contributed by atoms with E-state index < -0.39 is 5.60 Å². The second kappa shape index (κ2) is 12.4. The van der Waals surface area contributed by atoms with Crippen molar-refractivity contribution in [2.45, 2.75) is 110 Å². The van der Waals surface area contributed by atoms with Crippen molar-refractivity contribution in [1.82, 2.24) is 14.7 Å². The monoisotopic (exact) mass is 587 g/mol. The fraction of sp³-hybridized carbons (Fsp3) is 0.622. The van der Waals surface area contributed by atoms with Crippen LogP contribution in [0.3, 0.4) is 0 Å². The fourth-order valence-electron chi connectivity index (χ4n) is 7.36. The molecule has 0 bridgehead atoms. The lowest BCUT2D eigenvalue weighted by molar-refractivity contribution is -0.163. The van der Waals surface area contributed by atoms with Gasteiger partial charge in [-0.15, -0.1) is 0 Å². The molecule has 2 fully saturated rings. The first-order valence-corrected chi connectivity index (χ1v) is 16.4. The average Bonchev–Trinajstić information content (AvgIpc) is 3.58. The molecule has 1 amide bonds. The van der Waals surface area contributed by atoms with Gasteiger partial charge in [0, 0.05) is 50.2 Å². The van der Waals surface area contributed by atoms with Crippen molar-refractivity contribution >= 4 is 11.9 Å². The maximum Gasteiger partial charge on any atom is 0.324 e. The maximum absolute atomic E-state index is 14.3. The third-order valence-electron chi connectivity index (χ3n) is 9.71. The van der Waals surface area contributed by atoms with Gasteiger partial charge >= 0.3 is 5.97 Å². The first kappa shape index (κ1) is 31.7. The minimum absolute atomic E-state index is 0.000384. The van der Waals surface area contributed by atoms with Gasteiger partial charge in [-0.25, -0.2) is 0 Å². The molecule has 0 saturated carbocycles. The van der Waals surface area contributed by atoms with Crippen molar-refractivity contribution in [1.29, 1.82) is 0 Å². The Balaban J connectivity index is 1.34. The number of ether oxygens (including phenoxy) is 1. The van der Waals surface area contributed by atoms with Crippen LogP contribution >= 0.6 is 0 Å². The standard InChI is InChI=1S/C37H53N3O3/c1-25-11-9-14-30(19-25)31-23-39(36(3,4)5)24-32(31)34(41)40-18-17-38(22-26(40)2)33(35(42)43-37(6,7)8)21-27-15-16-28-12-10-13-29(28)20-27/h9,11,14-16,19-20,26,31-33H,10,12-13,17-18,21-24H2,1-8H3/t26-,31?,32?,33-/m0/s1. The molecule has 6 nitrogen and oxygen atoms in total. The van der Waals surface area contributed by atoms with Crippen LogP contribution in [0.2, 0.25) is 0 Å². The van der Waals surface area contributed by atoms with E-state index in [0.717, 1.165) is 25.9 Å². The number of fused-ring (bicyclic) bond motifs is 1. The van der Waals surface area contributed by atoms with Crippen LogP contribution < -0.4 is 0 Å². The summed E-state index contributed by atoms with van der Waals surface area (Å²) in [7, 11) is 0. The van der Waals surface area contributed by atoms with E-state index in [2.05, 4.69) is 91.8 Å². The predicted octanol–water partition coefficient (Wildman–Crippen LogP) is 5.78. The lowest BCUT2D eigenvalue weighted by Crippen LogP contribution is -2.60. The largest absolute Gasteiger partial charge is 0.459 e. The van der Waals surface area contributed by atoms with Gasteiger partial charge in [-0.3, -0.25) is 19.4 Å². The smallest absolute Gasteiger partial charge is 0.324 e. The van der Waals surface area contributed by atoms with E-state index in [1.54, 1.807) is 0 Å². The van der Waals surface area contributed by atoms with Crippen molar-refractivity contribution in [2.24, 2.45) is 5.92 Å². The lowest BCUT2D eigenvalue weighted by Gasteiger charge is -2.44. The Hall–Kier alpha value is -2.70. The van der Waals surface area contributed by atoms with Crippen molar-refractivity contribution < 1.29 is 14.3 Å². The number of carbonyl (C=O) groups is 2. The number of carbonyl (C=O) groups excluding carboxylic acids is 2. The van der Waals surface area contributed by atoms with Gasteiger partial charge in [-0.1, -0.05) is 48.0 Å². The fourth-order valence-corrected chi connectivity index (χ4v) is 7.36. The molecule has 2 heterocycles. The molecule has 1 aliphatic carbocycles. The molecule has 2 aliphatic heterocycles. The Morgan fingerprint density at radius 2 is 1.67 bits per heavy atom. The zero-order valence-corrected chi connectivity index (χ0v) is 27.8. The number of benzene rings is 2. The predicted molar refractivity (Wildman–Crippen MR) is 173 cm³/mol. The first-order valence-electron chi connectivity index (χ1n) is 16.4. The first-order chi connectivity index (χ1) is 20.2. The highest BCUT2D eigenvalue weighted by molar-refractivity contribution is 5.81. The highest BCUT2D eigenvalue weighted by Gasteiger charge is 2.45. The topological polar surface area (TPSA) is 53.1 Å². The SMILES string of the molecule is Cc1cccc(C2CN(C(C)(C)C)CC2C(=O)N2CCN([C@@H](Cc3ccc4c(c3)CCC4)C(=O)OC(C)(C)C)C[C@@H]2C)c1. The van der Waals surface area contributed by atoms with Crippen LogP contribution in [0.4, 0.5) is 0 Å². The quantitative estimate of drug-likeness (QED) is 0.401. The van der Waals surface area contributed by atoms with Crippen LogP contribution in [0.5, 0.6) is 0 Å². The second-order valence-electron chi connectivity index (χ2n) is 15.3. The van der Waals surface area contributed by atoms with Crippen LogP contribution in [0.25, 0.3) is 0 Å². The third-order valence-corrected chi connectivity index (χ3v) is 9.71. The van der Waals surface area contributed by atoms with Gasteiger partial charge in [0.25, 0.3) is 0 Å². The summed E-state index contributed by atoms with van der Waals surface area (Å²) in [5.41, 5.74) is 6.00. The molecule has 2 aromatic carbocycles. The summed E-state index contributed by atoms with van der Waals surface area (Å²) in [4.78, 5) is 34.8. The summed E-state index contributed by atoms with van der Waals surface area (Å²) >= 11 is 0. The van der Waals surface area contributed by atoms with Crippen molar-refractivity contribution in [2.75, 3.05) is 32.7 Å². The number of aryl methyl sites for hydroxylation is 3. The molecule has 43 heavy (non-hydrogen) atoms. The van der Waals surface area contributed by atoms with Gasteiger partial charge < -0.3 is 9.64 Å². The Bertz CT molecular complexity index is 1320. The number of rotatable bonds is 6. The highest BCUT2D eigenvalue weighted by atomic mass is 16.6. The molecular weight excluding hydrogens is 534 g/mol. The van der Waals surface area contributed by atoms with Crippen LogP contribution in [0.15, 0.2) is 42.5 Å². The Morgan fingerprint density at radius 3 is 2.35 bits per heavy atom. The number of amides is 1. The van der Waals surface area contributed by atoms with Crippen LogP contribution in [0.1, 0.15) is 88.6 Å². The third kappa shape index (κ3) is 7.34. The normalized spacial score (nSPS) is 24.2. The molecule has 3 aliphatic rings. The van der Waals surface area contributed by atoms with E-state index in [1.165, 1.54) is 34.2 Å². The number of likely N-dealkylation sites (tertiary alicyclic amines) is 1. The minimum atomic E-state index is -0.553. The molecular formula is C37H53N3O3. The molecule has 6 heteroatoms. The number of nitrogens with zero attached hydrogens (tertiary/aromatic N) is 3. The zero-order chi connectivity index (χ0) is 31.1. The van der Waals surface area contributed by atoms with Gasteiger partial charge in [0.15, 0.2) is 0 Å². The van der Waals surface area contributed by atoms with E-state index in [9.17, 15) is 9.59 Å². The Labute approximate surface area is 259 Å². The summed E-state index contributed by atoms with van der Waals surface area (Å²) in [5, 5.41) is 0. The molecule has 0 N–H and O–H groups in total. The molecule has 0 radical (unpaired) electrons. The zero-order valence-electron chi connectivity index (χ0n) is 27.8. The molecule has 2 unspecified atom stereocenters. The average molecular weight is 588 g/mol. The van der Waals surface area contributed by atoms with Crippen LogP contribution in [-0.2, 0) is 33.6 Å². The summed E-state index contributed by atoms with van der Waals surface area (Å²) < 4.78 is 5.96. The second-order valence-corrected chi connectivity index (χ2v) is 15.3. The highest BCUT2D eigenvalue weighted by Crippen LogP contribution is 2.38. The van der Waals surface area contributed by atoms with Gasteiger partial charge in [-0.2, -0.15) is 0 Å². The number of esters is 1. The van der Waals surface area contributed by atoms with Gasteiger partial charge in [0.1, 0.15) is 11.6 Å². The molecule has 0 spiro atoms. The van der Waals surface area contributed by atoms with E-state index in [4.69, 9.17) is 4.74 Å². The summed E-state index contributed by atoms with van der Waals surface area (Å²) in [5.74, 6) is 0.170. The Kier molecular flexibility index (Phi) is 9.12.